The molecule has 0 atom stereocenters. The van der Waals surface area contributed by atoms with Crippen LogP contribution in [0.25, 0.3) is 0 Å². The van der Waals surface area contributed by atoms with E-state index in [0.29, 0.717) is 12.5 Å². The maximum absolute atomic E-state index is 5.95. The summed E-state index contributed by atoms with van der Waals surface area (Å²) < 4.78 is 5.53. The molecule has 0 saturated carbocycles. The average molecular weight is 310 g/mol. The molecule has 0 spiro atoms. The summed E-state index contributed by atoms with van der Waals surface area (Å²) in [7, 11) is 0. The van der Waals surface area contributed by atoms with E-state index in [-0.39, 0.29) is 0 Å². The number of anilines is 2. The summed E-state index contributed by atoms with van der Waals surface area (Å²) in [5.41, 5.74) is 1.88. The van der Waals surface area contributed by atoms with Gasteiger partial charge in [-0.3, -0.25) is 0 Å². The van der Waals surface area contributed by atoms with Crippen LogP contribution in [0, 0.1) is 0 Å². The highest BCUT2D eigenvalue weighted by Gasteiger charge is 2.05. The van der Waals surface area contributed by atoms with Crippen LogP contribution in [0.3, 0.4) is 0 Å². The Morgan fingerprint density at radius 3 is 2.85 bits per heavy atom. The van der Waals surface area contributed by atoms with Crippen molar-refractivity contribution in [1.82, 2.24) is 9.97 Å². The second-order valence-corrected chi connectivity index (χ2v) is 5.05. The topological polar surface area (TPSA) is 47.0 Å². The lowest BCUT2D eigenvalue weighted by Gasteiger charge is -2.11. The summed E-state index contributed by atoms with van der Waals surface area (Å²) in [5.74, 6) is 1.99. The molecule has 0 aliphatic heterocycles. The van der Waals surface area contributed by atoms with Crippen molar-refractivity contribution in [2.24, 2.45) is 0 Å². The Bertz CT molecular complexity index is 580. The Hall–Kier alpha value is -1.46. The molecule has 6 heteroatoms. The summed E-state index contributed by atoms with van der Waals surface area (Å²) >= 11 is 7.53. The van der Waals surface area contributed by atoms with Gasteiger partial charge in [0, 0.05) is 17.3 Å². The van der Waals surface area contributed by atoms with Gasteiger partial charge in [-0.05, 0) is 31.4 Å². The molecule has 20 heavy (non-hydrogen) atoms. The molecule has 0 fully saturated rings. The van der Waals surface area contributed by atoms with Gasteiger partial charge in [0.05, 0.1) is 12.5 Å². The number of aromatic nitrogens is 2. The smallest absolute Gasteiger partial charge is 0.134 e. The van der Waals surface area contributed by atoms with Crippen LogP contribution >= 0.6 is 23.4 Å². The molecule has 1 aromatic carbocycles. The molecule has 1 aromatic heterocycles. The van der Waals surface area contributed by atoms with E-state index < -0.39 is 0 Å². The molecule has 0 aliphatic carbocycles. The van der Waals surface area contributed by atoms with Crippen LogP contribution in [0.2, 0.25) is 0 Å². The molecule has 0 unspecified atom stereocenters. The zero-order chi connectivity index (χ0) is 14.4. The van der Waals surface area contributed by atoms with Crippen molar-refractivity contribution in [3.63, 3.8) is 0 Å². The van der Waals surface area contributed by atoms with E-state index in [1.54, 1.807) is 18.1 Å². The Labute approximate surface area is 127 Å². The minimum atomic E-state index is 0.407. The zero-order valence-corrected chi connectivity index (χ0v) is 13.0. The van der Waals surface area contributed by atoms with Crippen LogP contribution in [0.1, 0.15) is 12.5 Å². The van der Waals surface area contributed by atoms with Crippen LogP contribution in [-0.2, 0) is 5.88 Å². The van der Waals surface area contributed by atoms with E-state index in [0.717, 1.165) is 27.8 Å². The Morgan fingerprint density at radius 2 is 2.15 bits per heavy atom. The fourth-order valence-corrected chi connectivity index (χ4v) is 2.32. The monoisotopic (exact) mass is 309 g/mol. The lowest BCUT2D eigenvalue weighted by molar-refractivity contribution is 0.337. The van der Waals surface area contributed by atoms with Gasteiger partial charge in [0.25, 0.3) is 0 Å². The predicted octanol–water partition coefficient (Wildman–Crippen LogP) is 4.08. The van der Waals surface area contributed by atoms with Crippen LogP contribution in [0.15, 0.2) is 35.6 Å². The highest BCUT2D eigenvalue weighted by Crippen LogP contribution is 2.26. The third kappa shape index (κ3) is 3.77. The molecule has 1 heterocycles. The largest absolute Gasteiger partial charge is 0.494 e. The molecule has 4 nitrogen and oxygen atoms in total. The Morgan fingerprint density at radius 1 is 1.30 bits per heavy atom. The molecule has 0 bridgehead atoms. The van der Waals surface area contributed by atoms with E-state index in [2.05, 4.69) is 15.3 Å². The molecular weight excluding hydrogens is 294 g/mol. The van der Waals surface area contributed by atoms with Gasteiger partial charge >= 0.3 is 0 Å². The van der Waals surface area contributed by atoms with Gasteiger partial charge < -0.3 is 10.1 Å². The fourth-order valence-electron chi connectivity index (χ4n) is 1.73. The third-order valence-corrected chi connectivity index (χ3v) is 3.56. The molecule has 0 radical (unpaired) electrons. The standard InChI is InChI=1S/C14H16ClN3OS/c1-3-19-12-5-4-11(6-10(12)8-15)18-13-7-14(20-2)17-9-16-13/h4-7,9H,3,8H2,1-2H3,(H,16,17,18). The molecule has 1 N–H and O–H groups in total. The van der Waals surface area contributed by atoms with Gasteiger partial charge in [0.1, 0.15) is 22.9 Å². The number of hydrogen-bond donors (Lipinski definition) is 1. The molecular formula is C14H16ClN3OS. The Kier molecular flexibility index (Phi) is 5.49. The van der Waals surface area contributed by atoms with E-state index >= 15 is 0 Å². The van der Waals surface area contributed by atoms with Crippen LogP contribution < -0.4 is 10.1 Å². The zero-order valence-electron chi connectivity index (χ0n) is 11.4. The SMILES string of the molecule is CCOc1ccc(Nc2cc(SC)ncn2)cc1CCl. The van der Waals surface area contributed by atoms with Crippen LogP contribution in [0.5, 0.6) is 5.75 Å². The van der Waals surface area contributed by atoms with E-state index in [4.69, 9.17) is 16.3 Å². The number of nitrogens with one attached hydrogen (secondary N) is 1. The first kappa shape index (κ1) is 14.9. The number of benzene rings is 1. The number of ether oxygens (including phenoxy) is 1. The lowest BCUT2D eigenvalue weighted by Crippen LogP contribution is -1.98. The van der Waals surface area contributed by atoms with Crippen molar-refractivity contribution in [3.8, 4) is 5.75 Å². The third-order valence-electron chi connectivity index (χ3n) is 2.63. The molecule has 2 aromatic rings. The quantitative estimate of drug-likeness (QED) is 0.495. The van der Waals surface area contributed by atoms with Gasteiger partial charge in [-0.1, -0.05) is 0 Å². The first-order valence-electron chi connectivity index (χ1n) is 6.21. The number of alkyl halides is 1. The predicted molar refractivity (Wildman–Crippen MR) is 84.3 cm³/mol. The van der Waals surface area contributed by atoms with Gasteiger partial charge in [0.2, 0.25) is 0 Å². The van der Waals surface area contributed by atoms with Crippen molar-refractivity contribution in [3.05, 3.63) is 36.2 Å². The van der Waals surface area contributed by atoms with Crippen molar-refractivity contribution in [1.29, 1.82) is 0 Å². The van der Waals surface area contributed by atoms with Gasteiger partial charge in [0.15, 0.2) is 0 Å². The second kappa shape index (κ2) is 7.36. The molecule has 0 saturated heterocycles. The normalized spacial score (nSPS) is 10.3. The summed E-state index contributed by atoms with van der Waals surface area (Å²) in [6.07, 6.45) is 3.53. The van der Waals surface area contributed by atoms with Gasteiger partial charge in [-0.25, -0.2) is 9.97 Å². The van der Waals surface area contributed by atoms with E-state index in [1.165, 1.54) is 0 Å². The fraction of sp³-hybridized carbons (Fsp3) is 0.286. The van der Waals surface area contributed by atoms with Crippen LogP contribution in [0.4, 0.5) is 11.5 Å². The lowest BCUT2D eigenvalue weighted by atomic mass is 10.2. The number of thioether (sulfide) groups is 1. The maximum Gasteiger partial charge on any atom is 0.134 e. The molecule has 0 amide bonds. The van der Waals surface area contributed by atoms with Gasteiger partial charge in [-0.2, -0.15) is 0 Å². The second-order valence-electron chi connectivity index (χ2n) is 3.96. The summed E-state index contributed by atoms with van der Waals surface area (Å²) in [6.45, 7) is 2.58. The summed E-state index contributed by atoms with van der Waals surface area (Å²) in [4.78, 5) is 8.34. The van der Waals surface area contributed by atoms with Gasteiger partial charge in [-0.15, -0.1) is 23.4 Å². The number of nitrogens with zero attached hydrogens (tertiary/aromatic N) is 2. The van der Waals surface area contributed by atoms with Crippen molar-refractivity contribution in [2.75, 3.05) is 18.2 Å². The van der Waals surface area contributed by atoms with Crippen LogP contribution in [-0.4, -0.2) is 22.8 Å². The van der Waals surface area contributed by atoms with Crippen molar-refractivity contribution < 1.29 is 4.74 Å². The van der Waals surface area contributed by atoms with Crippen molar-refractivity contribution in [2.45, 2.75) is 17.8 Å². The first-order valence-corrected chi connectivity index (χ1v) is 7.97. The first-order chi connectivity index (χ1) is 9.76. The van der Waals surface area contributed by atoms with E-state index in [9.17, 15) is 0 Å². The van der Waals surface area contributed by atoms with E-state index in [1.807, 2.05) is 37.4 Å². The average Bonchev–Trinajstić information content (AvgIpc) is 2.49. The number of rotatable bonds is 6. The minimum absolute atomic E-state index is 0.407. The highest BCUT2D eigenvalue weighted by atomic mass is 35.5. The molecule has 0 aliphatic rings. The minimum Gasteiger partial charge on any atom is -0.494 e. The number of hydrogen-bond acceptors (Lipinski definition) is 5. The summed E-state index contributed by atoms with van der Waals surface area (Å²) in [5, 5.41) is 4.17. The van der Waals surface area contributed by atoms with Crippen molar-refractivity contribution >= 4 is 34.9 Å². The molecule has 2 rings (SSSR count). The number of halogens is 1. The highest BCUT2D eigenvalue weighted by molar-refractivity contribution is 7.98. The summed E-state index contributed by atoms with van der Waals surface area (Å²) in [6, 6.07) is 7.74. The molecule has 106 valence electrons. The maximum atomic E-state index is 5.95. The Balaban J connectivity index is 2.20.